The summed E-state index contributed by atoms with van der Waals surface area (Å²) in [5.41, 5.74) is 3.54. The van der Waals surface area contributed by atoms with Gasteiger partial charge in [0.1, 0.15) is 5.82 Å². The summed E-state index contributed by atoms with van der Waals surface area (Å²) in [5, 5.41) is 6.11. The van der Waals surface area contributed by atoms with Crippen molar-refractivity contribution in [3.8, 4) is 11.5 Å². The minimum atomic E-state index is -0.226. The lowest BCUT2D eigenvalue weighted by Crippen LogP contribution is -2.12. The number of benzene rings is 2. The molecule has 4 rings (SSSR count). The molecule has 1 aliphatic heterocycles. The normalized spacial score (nSPS) is 11.9. The number of hydrogen-bond acceptors (Lipinski definition) is 5. The van der Waals surface area contributed by atoms with Crippen LogP contribution >= 0.6 is 0 Å². The molecule has 0 saturated heterocycles. The summed E-state index contributed by atoms with van der Waals surface area (Å²) in [4.78, 5) is 16.7. The van der Waals surface area contributed by atoms with Gasteiger partial charge in [0.15, 0.2) is 11.5 Å². The van der Waals surface area contributed by atoms with E-state index < -0.39 is 0 Å². The van der Waals surface area contributed by atoms with Crippen LogP contribution in [-0.2, 0) is 6.54 Å². The fraction of sp³-hybridized carbons (Fsp3) is 0.143. The van der Waals surface area contributed by atoms with Gasteiger partial charge in [0.05, 0.1) is 11.9 Å². The van der Waals surface area contributed by atoms with Crippen LogP contribution in [0.1, 0.15) is 21.5 Å². The van der Waals surface area contributed by atoms with Crippen LogP contribution in [0.3, 0.4) is 0 Å². The van der Waals surface area contributed by atoms with Crippen LogP contribution in [0.5, 0.6) is 11.5 Å². The first-order chi connectivity index (χ1) is 13.2. The topological polar surface area (TPSA) is 72.5 Å². The summed E-state index contributed by atoms with van der Waals surface area (Å²) < 4.78 is 10.6. The van der Waals surface area contributed by atoms with Crippen molar-refractivity contribution in [2.45, 2.75) is 13.5 Å². The average molecular weight is 361 g/mol. The van der Waals surface area contributed by atoms with E-state index in [4.69, 9.17) is 9.47 Å². The number of nitrogens with one attached hydrogen (secondary N) is 2. The molecule has 2 aromatic carbocycles. The second kappa shape index (κ2) is 7.37. The van der Waals surface area contributed by atoms with E-state index in [1.165, 1.54) is 11.1 Å². The Labute approximate surface area is 157 Å². The maximum Gasteiger partial charge on any atom is 0.255 e. The van der Waals surface area contributed by atoms with Gasteiger partial charge in [-0.05, 0) is 42.8 Å². The molecule has 6 nitrogen and oxygen atoms in total. The number of pyridine rings is 1. The van der Waals surface area contributed by atoms with Gasteiger partial charge in [-0.3, -0.25) is 4.79 Å². The Morgan fingerprint density at radius 1 is 1.07 bits per heavy atom. The molecule has 0 fully saturated rings. The third kappa shape index (κ3) is 4.00. The average Bonchev–Trinajstić information content (AvgIpc) is 3.15. The number of hydrogen-bond donors (Lipinski definition) is 2. The number of nitrogens with zero attached hydrogens (tertiary/aromatic N) is 1. The SMILES string of the molecule is Cc1cccc(CNc2ccc(NC(=O)c3ccc4c(c3)OCO4)cn2)c1. The standard InChI is InChI=1S/C21H19N3O3/c1-14-3-2-4-15(9-14)11-22-20-8-6-17(12-23-20)24-21(25)16-5-7-18-19(10-16)27-13-26-18/h2-10,12H,11,13H2,1H3,(H,22,23)(H,24,25). The zero-order chi connectivity index (χ0) is 18.6. The number of aryl methyl sites for hydroxylation is 1. The Balaban J connectivity index is 1.36. The highest BCUT2D eigenvalue weighted by Crippen LogP contribution is 2.32. The van der Waals surface area contributed by atoms with Crippen LogP contribution in [0.4, 0.5) is 11.5 Å². The summed E-state index contributed by atoms with van der Waals surface area (Å²) in [5.74, 6) is 1.75. The second-order valence-electron chi connectivity index (χ2n) is 6.30. The van der Waals surface area contributed by atoms with Crippen LogP contribution < -0.4 is 20.1 Å². The van der Waals surface area contributed by atoms with Crippen molar-refractivity contribution >= 4 is 17.4 Å². The molecular formula is C21H19N3O3. The molecule has 1 aromatic heterocycles. The maximum atomic E-state index is 12.4. The van der Waals surface area contributed by atoms with Gasteiger partial charge in [-0.1, -0.05) is 29.8 Å². The lowest BCUT2D eigenvalue weighted by atomic mass is 10.1. The van der Waals surface area contributed by atoms with Gasteiger partial charge >= 0.3 is 0 Å². The highest BCUT2D eigenvalue weighted by Gasteiger charge is 2.16. The van der Waals surface area contributed by atoms with Gasteiger partial charge in [-0.15, -0.1) is 0 Å². The summed E-state index contributed by atoms with van der Waals surface area (Å²) in [7, 11) is 0. The lowest BCUT2D eigenvalue weighted by Gasteiger charge is -2.09. The van der Waals surface area contributed by atoms with E-state index in [9.17, 15) is 4.79 Å². The van der Waals surface area contributed by atoms with Crippen LogP contribution in [0.15, 0.2) is 60.8 Å². The summed E-state index contributed by atoms with van der Waals surface area (Å²) in [6.45, 7) is 2.94. The van der Waals surface area contributed by atoms with E-state index in [1.54, 1.807) is 24.4 Å². The van der Waals surface area contributed by atoms with Crippen molar-refractivity contribution in [1.29, 1.82) is 0 Å². The predicted octanol–water partition coefficient (Wildman–Crippen LogP) is 3.98. The number of ether oxygens (including phenoxy) is 2. The van der Waals surface area contributed by atoms with Crippen molar-refractivity contribution < 1.29 is 14.3 Å². The van der Waals surface area contributed by atoms with Crippen molar-refractivity contribution in [2.75, 3.05) is 17.4 Å². The van der Waals surface area contributed by atoms with E-state index in [2.05, 4.69) is 40.7 Å². The molecule has 0 radical (unpaired) electrons. The van der Waals surface area contributed by atoms with Gasteiger partial charge in [0.25, 0.3) is 5.91 Å². The third-order valence-electron chi connectivity index (χ3n) is 4.21. The molecule has 0 unspecified atom stereocenters. The maximum absolute atomic E-state index is 12.4. The quantitative estimate of drug-likeness (QED) is 0.719. The van der Waals surface area contributed by atoms with Crippen molar-refractivity contribution in [3.05, 3.63) is 77.5 Å². The molecule has 136 valence electrons. The first kappa shape index (κ1) is 16.9. The molecule has 2 N–H and O–H groups in total. The molecule has 1 amide bonds. The summed E-state index contributed by atoms with van der Waals surface area (Å²) in [6.07, 6.45) is 1.63. The van der Waals surface area contributed by atoms with Gasteiger partial charge in [-0.25, -0.2) is 4.98 Å². The summed E-state index contributed by atoms with van der Waals surface area (Å²) in [6, 6.07) is 17.1. The number of rotatable bonds is 5. The molecule has 1 aliphatic rings. The second-order valence-corrected chi connectivity index (χ2v) is 6.30. The molecule has 3 aromatic rings. The smallest absolute Gasteiger partial charge is 0.255 e. The first-order valence-corrected chi connectivity index (χ1v) is 8.64. The lowest BCUT2D eigenvalue weighted by molar-refractivity contribution is 0.102. The van der Waals surface area contributed by atoms with Crippen molar-refractivity contribution in [1.82, 2.24) is 4.98 Å². The minimum Gasteiger partial charge on any atom is -0.454 e. The van der Waals surface area contributed by atoms with Gasteiger partial charge in [0.2, 0.25) is 6.79 Å². The monoisotopic (exact) mass is 361 g/mol. The zero-order valence-electron chi connectivity index (χ0n) is 14.9. The Kier molecular flexibility index (Phi) is 4.61. The van der Waals surface area contributed by atoms with Gasteiger partial charge in [-0.2, -0.15) is 0 Å². The highest BCUT2D eigenvalue weighted by atomic mass is 16.7. The Morgan fingerprint density at radius 3 is 2.78 bits per heavy atom. The zero-order valence-corrected chi connectivity index (χ0v) is 14.9. The Hall–Kier alpha value is -3.54. The molecule has 6 heteroatoms. The van der Waals surface area contributed by atoms with Gasteiger partial charge < -0.3 is 20.1 Å². The number of carbonyl (C=O) groups excluding carboxylic acids is 1. The van der Waals surface area contributed by atoms with Crippen molar-refractivity contribution in [2.24, 2.45) is 0 Å². The van der Waals surface area contributed by atoms with E-state index in [-0.39, 0.29) is 12.7 Å². The molecule has 2 heterocycles. The third-order valence-corrected chi connectivity index (χ3v) is 4.21. The number of fused-ring (bicyclic) bond motifs is 1. The van der Waals surface area contributed by atoms with Crippen LogP contribution in [0, 0.1) is 6.92 Å². The van der Waals surface area contributed by atoms with E-state index in [0.717, 1.165) is 5.82 Å². The first-order valence-electron chi connectivity index (χ1n) is 8.64. The number of amides is 1. The molecule has 0 atom stereocenters. The van der Waals surface area contributed by atoms with E-state index in [1.807, 2.05) is 18.2 Å². The molecule has 0 aliphatic carbocycles. The molecule has 0 saturated carbocycles. The highest BCUT2D eigenvalue weighted by molar-refractivity contribution is 6.04. The van der Waals surface area contributed by atoms with E-state index in [0.29, 0.717) is 29.3 Å². The van der Waals surface area contributed by atoms with Crippen molar-refractivity contribution in [3.63, 3.8) is 0 Å². The molecular weight excluding hydrogens is 342 g/mol. The number of aromatic nitrogens is 1. The molecule has 27 heavy (non-hydrogen) atoms. The van der Waals surface area contributed by atoms with Crippen LogP contribution in [0.25, 0.3) is 0 Å². The van der Waals surface area contributed by atoms with Gasteiger partial charge in [0, 0.05) is 12.1 Å². The molecule has 0 bridgehead atoms. The fourth-order valence-corrected chi connectivity index (χ4v) is 2.83. The number of anilines is 2. The number of carbonyl (C=O) groups is 1. The fourth-order valence-electron chi connectivity index (χ4n) is 2.83. The van der Waals surface area contributed by atoms with Crippen LogP contribution in [0.2, 0.25) is 0 Å². The predicted molar refractivity (Wildman–Crippen MR) is 103 cm³/mol. The Bertz CT molecular complexity index is 971. The Morgan fingerprint density at radius 2 is 1.96 bits per heavy atom. The minimum absolute atomic E-state index is 0.182. The largest absolute Gasteiger partial charge is 0.454 e. The summed E-state index contributed by atoms with van der Waals surface area (Å²) >= 11 is 0. The van der Waals surface area contributed by atoms with E-state index >= 15 is 0 Å². The molecule has 0 spiro atoms. The van der Waals surface area contributed by atoms with Crippen LogP contribution in [-0.4, -0.2) is 17.7 Å².